The molecule has 3 heterocycles. The number of unbranched alkanes of at least 4 members (excludes halogenated alkanes) is 1. The average Bonchev–Trinajstić information content (AvgIpc) is 1.03. The highest BCUT2D eigenvalue weighted by Gasteiger charge is 2.42. The normalized spacial score (nSPS) is 23.7. The number of carbonyl (C=O) groups is 25. The second kappa shape index (κ2) is 58.0. The molecule has 3 fully saturated rings. The number of thiol groups is 1. The van der Waals surface area contributed by atoms with Crippen molar-refractivity contribution >= 4 is 161 Å². The minimum Gasteiger partial charge on any atom is -0.481 e. The lowest BCUT2D eigenvalue weighted by molar-refractivity contribution is -0.154. The highest BCUT2D eigenvalue weighted by atomic mass is 32.1. The Hall–Kier alpha value is -13.0. The number of hydrogen-bond acceptors (Lipinski definition) is 30. The lowest BCUT2D eigenvalue weighted by Crippen LogP contribution is -2.62. The van der Waals surface area contributed by atoms with Crippen LogP contribution < -0.4 is 124 Å². The van der Waals surface area contributed by atoms with E-state index in [0.29, 0.717) is 0 Å². The third-order valence-electron chi connectivity index (χ3n) is 21.0. The van der Waals surface area contributed by atoms with Crippen molar-refractivity contribution in [3.05, 3.63) is 0 Å². The number of nitrogens with one attached hydrogen (secondary N) is 19. The van der Waals surface area contributed by atoms with E-state index < -0.39 is 377 Å². The van der Waals surface area contributed by atoms with Gasteiger partial charge in [-0.25, -0.2) is 4.79 Å². The van der Waals surface area contributed by atoms with E-state index in [2.05, 4.69) is 108 Å². The van der Waals surface area contributed by atoms with Gasteiger partial charge in [-0.05, 0) is 129 Å². The number of aliphatic hydroxyl groups excluding tert-OH is 1. The van der Waals surface area contributed by atoms with Crippen molar-refractivity contribution in [1.82, 2.24) is 101 Å². The number of aliphatic carboxylic acids is 3. The van der Waals surface area contributed by atoms with E-state index >= 15 is 19.2 Å². The van der Waals surface area contributed by atoms with Crippen LogP contribution in [0.1, 0.15) is 183 Å². The van der Waals surface area contributed by atoms with Crippen LogP contribution in [0.3, 0.4) is 0 Å². The molecule has 0 spiro atoms. The van der Waals surface area contributed by atoms with Gasteiger partial charge >= 0.3 is 23.9 Å². The summed E-state index contributed by atoms with van der Waals surface area (Å²) in [5.74, 6) is -33.9. The number of amides is 21. The van der Waals surface area contributed by atoms with Crippen molar-refractivity contribution in [1.29, 1.82) is 0 Å². The van der Waals surface area contributed by atoms with Crippen molar-refractivity contribution in [2.45, 2.75) is 292 Å². The lowest BCUT2D eigenvalue weighted by atomic mass is 10.0. The molecular weight excluding hydrogens is 1780 g/mol. The molecule has 0 saturated carbocycles. The first-order valence-corrected chi connectivity index (χ1v) is 43.9. The van der Waals surface area contributed by atoms with Gasteiger partial charge < -0.3 is 149 Å². The Bertz CT molecular complexity index is 4200. The van der Waals surface area contributed by atoms with Gasteiger partial charge in [0.1, 0.15) is 96.7 Å². The molecule has 0 aromatic carbocycles. The van der Waals surface area contributed by atoms with Crippen LogP contribution in [0, 0.1) is 11.8 Å². The average molecular weight is 1910 g/mol. The third-order valence-corrected chi connectivity index (χ3v) is 21.3. The summed E-state index contributed by atoms with van der Waals surface area (Å²) >= 11 is 4.23. The first-order valence-electron chi connectivity index (χ1n) is 43.3. The number of carboxylic acids is 3. The molecule has 3 aliphatic heterocycles. The van der Waals surface area contributed by atoms with Gasteiger partial charge in [-0.2, -0.15) is 12.6 Å². The number of esters is 1. The fourth-order valence-corrected chi connectivity index (χ4v) is 13.4. The first kappa shape index (κ1) is 114. The third kappa shape index (κ3) is 42.0. The molecule has 3 aliphatic rings. The van der Waals surface area contributed by atoms with E-state index in [9.17, 15) is 116 Å². The molecule has 0 aliphatic carbocycles. The summed E-state index contributed by atoms with van der Waals surface area (Å²) in [5.41, 5.74) is 22.7. The number of ether oxygens (including phenoxy) is 1. The second-order valence-corrected chi connectivity index (χ2v) is 33.0. The topological polar surface area (TPSA) is 850 Å². The van der Waals surface area contributed by atoms with Gasteiger partial charge in [0.2, 0.25) is 124 Å². The molecule has 54 heteroatoms. The van der Waals surface area contributed by atoms with E-state index in [4.69, 9.17) is 32.8 Å². The molecule has 18 atom stereocenters. The maximum absolute atomic E-state index is 15.4. The standard InChI is InChI=1S/C79H127N23O30S/c1-35(2)60(83)75(126)94-44(17-22-51(81)104)66(117)88-37(5)64(115)102-63-39(7)132-59(114)31-49(72(123)93-45(18-23-52(82)105)70(121)91-40(14-8-11-27-80)65(116)86-32-56(109)90-47(79(130)131)21-26-57(110)111)98-69(120)43-19-24-53(106)84-29-13-10-16-42(95-78(63)129)67(118)92-41-15-9-12-28-85-54(107)25-20-46(71(122)101-62(38(6)103)76(127)87-33-55(108)89-43)96-77(128)61(36(3)4)100-73(124)48(30-58(112)113)97-74(125)50(34-133)99-68(41)119/h35-50,60-63,103,133H,8-34,80,83H2,1-7H3,(H2,81,104)(H2,82,105)(H,84,106)(H,85,107)(H,86,116)(H,87,127)(H,88,117)(H,89,108)(H,90,109)(H,91,121)(H,92,118)(H,93,123)(H,94,126)(H,95,129)(H,96,128)(H,97,125)(H,98,120)(H,99,119)(H,100,124)(H,101,122)(H,102,115)(H,110,111)(H,112,113)(H,130,131). The lowest BCUT2D eigenvalue weighted by Gasteiger charge is -2.30. The fraction of sp³-hybridized carbons (Fsp3) is 0.684. The van der Waals surface area contributed by atoms with Gasteiger partial charge in [0.05, 0.1) is 38.1 Å². The number of carboxylic acid groups (broad SMARTS) is 3. The van der Waals surface area contributed by atoms with Crippen molar-refractivity contribution in [2.24, 2.45) is 34.8 Å². The van der Waals surface area contributed by atoms with Crippen LogP contribution in [0.25, 0.3) is 0 Å². The van der Waals surface area contributed by atoms with Gasteiger partial charge in [0, 0.05) is 50.9 Å². The van der Waals surface area contributed by atoms with Crippen LogP contribution >= 0.6 is 12.6 Å². The Morgan fingerprint density at radius 3 is 1.50 bits per heavy atom. The van der Waals surface area contributed by atoms with Crippen molar-refractivity contribution in [3.63, 3.8) is 0 Å². The van der Waals surface area contributed by atoms with Crippen LogP contribution in [0.5, 0.6) is 0 Å². The number of nitrogens with two attached hydrogens (primary N) is 4. The molecule has 4 bridgehead atoms. The summed E-state index contributed by atoms with van der Waals surface area (Å²) in [7, 11) is 0. The summed E-state index contributed by atoms with van der Waals surface area (Å²) < 4.78 is 5.78. The maximum Gasteiger partial charge on any atom is 0.326 e. The summed E-state index contributed by atoms with van der Waals surface area (Å²) in [5, 5.41) is 84.0. The Labute approximate surface area is 768 Å². The maximum atomic E-state index is 15.4. The predicted octanol–water partition coefficient (Wildman–Crippen LogP) is -12.0. The SMILES string of the molecule is CC(NC(=O)C(CCC(N)=O)NC(=O)C(N)C(C)C)C(=O)NC1C(=O)NC2CCCCNC(=O)CCC(NC(=O)CNC(=O)C(C(C)O)NC(=O)C3CCC(=O)NCCCCC(NC2=O)C(=O)NC(CS)C(=O)NC(CC(=O)O)C(=O)NC(C(C)C)C(=O)N3)C(=O)NC(C(=O)NC(CCC(N)=O)C(=O)NC(CCCCN)C(=O)NCC(=O)NC(CCC(=O)O)C(=O)O)CC(=O)OC1C. The molecule has 0 radical (unpaired) electrons. The molecular formula is C79H127N23O30S. The van der Waals surface area contributed by atoms with E-state index in [-0.39, 0.29) is 64.6 Å². The monoisotopic (exact) mass is 1910 g/mol. The zero-order chi connectivity index (χ0) is 100. The number of carbonyl (C=O) groups excluding carboxylic acids is 22. The Kier molecular flexibility index (Phi) is 49.8. The number of aliphatic hydroxyl groups is 1. The Morgan fingerprint density at radius 2 is 0.970 bits per heavy atom. The smallest absolute Gasteiger partial charge is 0.326 e. The van der Waals surface area contributed by atoms with Crippen LogP contribution in [0.2, 0.25) is 0 Å². The summed E-state index contributed by atoms with van der Waals surface area (Å²) in [4.78, 5) is 348. The van der Waals surface area contributed by atoms with Gasteiger partial charge in [-0.3, -0.25) is 115 Å². The van der Waals surface area contributed by atoms with Crippen molar-refractivity contribution in [2.75, 3.05) is 38.5 Å². The second-order valence-electron chi connectivity index (χ2n) is 32.7. The predicted molar refractivity (Wildman–Crippen MR) is 463 cm³/mol. The van der Waals surface area contributed by atoms with Crippen molar-refractivity contribution in [3.8, 4) is 0 Å². The zero-order valence-corrected chi connectivity index (χ0v) is 75.7. The molecule has 18 unspecified atom stereocenters. The van der Waals surface area contributed by atoms with Gasteiger partial charge in [0.25, 0.3) is 0 Å². The molecule has 133 heavy (non-hydrogen) atoms. The Balaban J connectivity index is 2.54. The molecule has 0 aromatic heterocycles. The molecule has 31 N–H and O–H groups in total. The number of hydrogen-bond donors (Lipinski definition) is 28. The number of rotatable bonds is 34. The molecule has 53 nitrogen and oxygen atoms in total. The number of fused-ring (bicyclic) bond motifs is 18. The van der Waals surface area contributed by atoms with Crippen LogP contribution in [-0.2, 0) is 125 Å². The highest BCUT2D eigenvalue weighted by Crippen LogP contribution is 2.17. The molecule has 3 rings (SSSR count). The Morgan fingerprint density at radius 1 is 0.481 bits per heavy atom. The van der Waals surface area contributed by atoms with E-state index in [0.717, 1.165) is 20.8 Å². The van der Waals surface area contributed by atoms with E-state index in [1.54, 1.807) is 13.8 Å². The first-order chi connectivity index (χ1) is 62.5. The molecule has 744 valence electrons. The van der Waals surface area contributed by atoms with Gasteiger partial charge in [-0.15, -0.1) is 0 Å². The van der Waals surface area contributed by atoms with Crippen LogP contribution in [-0.4, -0.2) is 316 Å². The van der Waals surface area contributed by atoms with E-state index in [1.165, 1.54) is 13.8 Å². The number of cyclic esters (lactones) is 1. The summed E-state index contributed by atoms with van der Waals surface area (Å²) in [6.07, 6.45) is -14.6. The summed E-state index contributed by atoms with van der Waals surface area (Å²) in [6, 6.07) is -30.3. The summed E-state index contributed by atoms with van der Waals surface area (Å²) in [6.45, 7) is 6.30. The van der Waals surface area contributed by atoms with Crippen LogP contribution in [0.4, 0.5) is 0 Å². The molecule has 21 amide bonds. The van der Waals surface area contributed by atoms with Gasteiger partial charge in [-0.1, -0.05) is 27.7 Å². The van der Waals surface area contributed by atoms with E-state index in [1.807, 2.05) is 5.32 Å². The fourth-order valence-electron chi connectivity index (χ4n) is 13.2. The quantitative estimate of drug-likeness (QED) is 0.0162. The largest absolute Gasteiger partial charge is 0.481 e. The number of primary amides is 2. The molecule has 0 aromatic rings. The zero-order valence-electron chi connectivity index (χ0n) is 74.8. The minimum atomic E-state index is -2.45. The van der Waals surface area contributed by atoms with Gasteiger partial charge in [0.15, 0.2) is 0 Å². The highest BCUT2D eigenvalue weighted by molar-refractivity contribution is 7.80. The molecule has 3 saturated heterocycles. The van der Waals surface area contributed by atoms with Crippen molar-refractivity contribution < 1.29 is 145 Å². The van der Waals surface area contributed by atoms with Crippen LogP contribution in [0.15, 0.2) is 0 Å². The minimum absolute atomic E-state index is 0.0263.